The fourth-order valence-electron chi connectivity index (χ4n) is 1.63. The van der Waals surface area contributed by atoms with Gasteiger partial charge in [-0.25, -0.2) is 4.98 Å². The number of carboxylic acid groups (broad SMARTS) is 1. The van der Waals surface area contributed by atoms with Gasteiger partial charge in [-0.05, 0) is 19.8 Å². The molecule has 0 aliphatic heterocycles. The van der Waals surface area contributed by atoms with E-state index in [4.69, 9.17) is 9.84 Å². The minimum absolute atomic E-state index is 0.107. The van der Waals surface area contributed by atoms with Crippen molar-refractivity contribution in [1.29, 1.82) is 0 Å². The van der Waals surface area contributed by atoms with Crippen LogP contribution in [0.5, 0.6) is 5.88 Å². The molecule has 0 aliphatic carbocycles. The third kappa shape index (κ3) is 5.11. The minimum atomic E-state index is -0.894. The van der Waals surface area contributed by atoms with Crippen LogP contribution in [0.4, 0.5) is 5.95 Å². The summed E-state index contributed by atoms with van der Waals surface area (Å²) in [6.45, 7) is 6.92. The molecule has 6 nitrogen and oxygen atoms in total. The lowest BCUT2D eigenvalue weighted by atomic mass is 10.4. The Morgan fingerprint density at radius 1 is 1.37 bits per heavy atom. The molecular weight excluding hydrogens is 246 g/mol. The molecule has 0 fully saturated rings. The van der Waals surface area contributed by atoms with E-state index in [0.29, 0.717) is 25.0 Å². The van der Waals surface area contributed by atoms with Crippen molar-refractivity contribution in [1.82, 2.24) is 9.97 Å². The maximum atomic E-state index is 10.9. The topological polar surface area (TPSA) is 75.5 Å². The fourth-order valence-corrected chi connectivity index (χ4v) is 1.63. The van der Waals surface area contributed by atoms with Crippen molar-refractivity contribution < 1.29 is 14.6 Å². The number of anilines is 1. The molecule has 1 N–H and O–H groups in total. The molecule has 6 heteroatoms. The number of nitrogens with zero attached hydrogens (tertiary/aromatic N) is 3. The van der Waals surface area contributed by atoms with Gasteiger partial charge in [-0.15, -0.1) is 0 Å². The fraction of sp³-hybridized carbons (Fsp3) is 0.615. The molecule has 19 heavy (non-hydrogen) atoms. The van der Waals surface area contributed by atoms with Crippen LogP contribution in [-0.2, 0) is 4.79 Å². The molecule has 1 heterocycles. The smallest absolute Gasteiger partial charge is 0.323 e. The largest absolute Gasteiger partial charge is 0.480 e. The van der Waals surface area contributed by atoms with Crippen molar-refractivity contribution in [2.75, 3.05) is 24.6 Å². The summed E-state index contributed by atoms with van der Waals surface area (Å²) in [6, 6.07) is 1.75. The lowest BCUT2D eigenvalue weighted by Gasteiger charge is -2.20. The molecule has 1 aromatic heterocycles. The summed E-state index contributed by atoms with van der Waals surface area (Å²) in [4.78, 5) is 21.1. The number of aliphatic carboxylic acids is 1. The van der Waals surface area contributed by atoms with E-state index in [1.807, 2.05) is 20.8 Å². The van der Waals surface area contributed by atoms with Gasteiger partial charge in [0.05, 0.1) is 6.61 Å². The second kappa shape index (κ2) is 7.56. The van der Waals surface area contributed by atoms with Gasteiger partial charge in [0.25, 0.3) is 0 Å². The normalized spacial score (nSPS) is 10.3. The molecule has 0 saturated carbocycles. The van der Waals surface area contributed by atoms with Crippen LogP contribution < -0.4 is 9.64 Å². The maximum absolute atomic E-state index is 10.9. The van der Waals surface area contributed by atoms with E-state index >= 15 is 0 Å². The standard InChI is InChI=1S/C13H21N3O3/c1-4-6-16(9-12(17)18)13-14-10(3)8-11(15-13)19-7-5-2/h8H,4-7,9H2,1-3H3,(H,17,18). The molecule has 0 aliphatic rings. The zero-order valence-corrected chi connectivity index (χ0v) is 11.7. The van der Waals surface area contributed by atoms with Crippen molar-refractivity contribution in [3.8, 4) is 5.88 Å². The van der Waals surface area contributed by atoms with E-state index in [1.54, 1.807) is 11.0 Å². The number of aromatic nitrogens is 2. The number of carboxylic acids is 1. The first-order valence-electron chi connectivity index (χ1n) is 6.52. The first kappa shape index (κ1) is 15.2. The Hall–Kier alpha value is -1.85. The van der Waals surface area contributed by atoms with Gasteiger partial charge in [0.15, 0.2) is 0 Å². The zero-order chi connectivity index (χ0) is 14.3. The van der Waals surface area contributed by atoms with Crippen molar-refractivity contribution in [2.45, 2.75) is 33.6 Å². The lowest BCUT2D eigenvalue weighted by molar-refractivity contribution is -0.135. The molecule has 0 spiro atoms. The SMILES string of the molecule is CCCOc1cc(C)nc(N(CCC)CC(=O)O)n1. The molecular formula is C13H21N3O3. The highest BCUT2D eigenvalue weighted by molar-refractivity contribution is 5.72. The van der Waals surface area contributed by atoms with Gasteiger partial charge in [-0.3, -0.25) is 4.79 Å². The summed E-state index contributed by atoms with van der Waals surface area (Å²) < 4.78 is 5.48. The highest BCUT2D eigenvalue weighted by Crippen LogP contribution is 2.16. The maximum Gasteiger partial charge on any atom is 0.323 e. The molecule has 0 unspecified atom stereocenters. The van der Waals surface area contributed by atoms with Crippen molar-refractivity contribution in [3.63, 3.8) is 0 Å². The first-order chi connectivity index (χ1) is 9.06. The van der Waals surface area contributed by atoms with E-state index in [-0.39, 0.29) is 6.54 Å². The highest BCUT2D eigenvalue weighted by Gasteiger charge is 2.14. The summed E-state index contributed by atoms with van der Waals surface area (Å²) >= 11 is 0. The molecule has 106 valence electrons. The van der Waals surface area contributed by atoms with Gasteiger partial charge in [0.1, 0.15) is 6.54 Å². The minimum Gasteiger partial charge on any atom is -0.480 e. The number of carbonyl (C=O) groups is 1. The summed E-state index contributed by atoms with van der Waals surface area (Å²) in [5, 5.41) is 8.92. The van der Waals surface area contributed by atoms with Crippen LogP contribution in [0.2, 0.25) is 0 Å². The van der Waals surface area contributed by atoms with Crippen LogP contribution in [0.25, 0.3) is 0 Å². The number of hydrogen-bond donors (Lipinski definition) is 1. The molecule has 0 aromatic carbocycles. The molecule has 1 rings (SSSR count). The van der Waals surface area contributed by atoms with Crippen LogP contribution in [0.15, 0.2) is 6.07 Å². The van der Waals surface area contributed by atoms with Gasteiger partial charge in [-0.2, -0.15) is 4.98 Å². The predicted molar refractivity (Wildman–Crippen MR) is 72.7 cm³/mol. The van der Waals surface area contributed by atoms with Crippen LogP contribution in [0.1, 0.15) is 32.4 Å². The summed E-state index contributed by atoms with van der Waals surface area (Å²) in [7, 11) is 0. The highest BCUT2D eigenvalue weighted by atomic mass is 16.5. The second-order valence-corrected chi connectivity index (χ2v) is 4.31. The van der Waals surface area contributed by atoms with Gasteiger partial charge in [0.2, 0.25) is 11.8 Å². The molecule has 0 bridgehead atoms. The predicted octanol–water partition coefficient (Wildman–Crippen LogP) is 1.87. The summed E-state index contributed by atoms with van der Waals surface area (Å²) in [6.07, 6.45) is 1.72. The van der Waals surface area contributed by atoms with Crippen LogP contribution >= 0.6 is 0 Å². The monoisotopic (exact) mass is 267 g/mol. The van der Waals surface area contributed by atoms with Crippen molar-refractivity contribution in [2.24, 2.45) is 0 Å². The average Bonchev–Trinajstić information content (AvgIpc) is 2.34. The molecule has 1 aromatic rings. The van der Waals surface area contributed by atoms with Gasteiger partial charge < -0.3 is 14.7 Å². The van der Waals surface area contributed by atoms with Crippen LogP contribution in [-0.4, -0.2) is 40.7 Å². The Balaban J connectivity index is 2.94. The summed E-state index contributed by atoms with van der Waals surface area (Å²) in [5.74, 6) is 0.0146. The molecule has 0 atom stereocenters. The average molecular weight is 267 g/mol. The molecule has 0 amide bonds. The van der Waals surface area contributed by atoms with E-state index in [9.17, 15) is 4.79 Å². The van der Waals surface area contributed by atoms with E-state index < -0.39 is 5.97 Å². The zero-order valence-electron chi connectivity index (χ0n) is 11.7. The third-order valence-corrected chi connectivity index (χ3v) is 2.38. The van der Waals surface area contributed by atoms with Crippen LogP contribution in [0, 0.1) is 6.92 Å². The van der Waals surface area contributed by atoms with Crippen LogP contribution in [0.3, 0.4) is 0 Å². The van der Waals surface area contributed by atoms with Gasteiger partial charge in [0, 0.05) is 18.3 Å². The molecule has 0 saturated heterocycles. The van der Waals surface area contributed by atoms with E-state index in [0.717, 1.165) is 18.5 Å². The number of ether oxygens (including phenoxy) is 1. The Labute approximate surface area is 113 Å². The summed E-state index contributed by atoms with van der Waals surface area (Å²) in [5.41, 5.74) is 0.766. The molecule has 0 radical (unpaired) electrons. The Morgan fingerprint density at radius 3 is 2.68 bits per heavy atom. The Bertz CT molecular complexity index is 424. The quantitative estimate of drug-likeness (QED) is 0.775. The van der Waals surface area contributed by atoms with E-state index in [2.05, 4.69) is 9.97 Å². The number of hydrogen-bond acceptors (Lipinski definition) is 5. The number of rotatable bonds is 8. The van der Waals surface area contributed by atoms with E-state index in [1.165, 1.54) is 0 Å². The first-order valence-corrected chi connectivity index (χ1v) is 6.52. The Kier molecular flexibility index (Phi) is 6.05. The Morgan fingerprint density at radius 2 is 2.11 bits per heavy atom. The lowest BCUT2D eigenvalue weighted by Crippen LogP contribution is -2.32. The number of aryl methyl sites for hydroxylation is 1. The van der Waals surface area contributed by atoms with Gasteiger partial charge in [-0.1, -0.05) is 13.8 Å². The second-order valence-electron chi connectivity index (χ2n) is 4.31. The van der Waals surface area contributed by atoms with Crippen molar-refractivity contribution in [3.05, 3.63) is 11.8 Å². The van der Waals surface area contributed by atoms with Gasteiger partial charge >= 0.3 is 5.97 Å². The third-order valence-electron chi connectivity index (χ3n) is 2.38. The van der Waals surface area contributed by atoms with Crippen molar-refractivity contribution >= 4 is 11.9 Å².